The molecule has 11 heteroatoms. The van der Waals surface area contributed by atoms with E-state index in [1.54, 1.807) is 23.4 Å². The van der Waals surface area contributed by atoms with Crippen molar-refractivity contribution in [3.05, 3.63) is 108 Å². The molecule has 2 N–H and O–H groups in total. The van der Waals surface area contributed by atoms with Crippen molar-refractivity contribution in [2.45, 2.75) is 70.5 Å². The van der Waals surface area contributed by atoms with E-state index in [4.69, 9.17) is 9.47 Å². The molecule has 0 saturated carbocycles. The van der Waals surface area contributed by atoms with Crippen LogP contribution in [0.25, 0.3) is 17.3 Å². The van der Waals surface area contributed by atoms with Crippen molar-refractivity contribution in [3.8, 4) is 22.8 Å². The van der Waals surface area contributed by atoms with Crippen molar-refractivity contribution >= 4 is 23.8 Å². The van der Waals surface area contributed by atoms with E-state index in [1.165, 1.54) is 12.1 Å². The number of fused-ring (bicyclic) bond motifs is 11. The number of rotatable bonds is 5. The minimum Gasteiger partial charge on any atom is -0.494 e. The van der Waals surface area contributed by atoms with E-state index in [0.29, 0.717) is 63.4 Å². The van der Waals surface area contributed by atoms with Gasteiger partial charge < -0.3 is 29.6 Å². The first-order chi connectivity index (χ1) is 25.4. The molecule has 4 heterocycles. The zero-order valence-corrected chi connectivity index (χ0v) is 29.6. The fourth-order valence-electron chi connectivity index (χ4n) is 6.64. The van der Waals surface area contributed by atoms with Crippen LogP contribution in [0.15, 0.2) is 85.2 Å². The number of hydrogen-bond donors (Lipinski definition) is 2. The third-order valence-electron chi connectivity index (χ3n) is 9.41. The van der Waals surface area contributed by atoms with Gasteiger partial charge in [0.25, 0.3) is 0 Å². The van der Waals surface area contributed by atoms with Gasteiger partial charge in [0.05, 0.1) is 18.6 Å². The summed E-state index contributed by atoms with van der Waals surface area (Å²) in [4.78, 5) is 47.4. The van der Waals surface area contributed by atoms with Gasteiger partial charge in [-0.2, -0.15) is 0 Å². The molecule has 3 aliphatic heterocycles. The van der Waals surface area contributed by atoms with Crippen LogP contribution in [0.1, 0.15) is 55.8 Å². The molecule has 3 aromatic carbocycles. The first-order valence-electron chi connectivity index (χ1n) is 18.2. The summed E-state index contributed by atoms with van der Waals surface area (Å²) in [6, 6.07) is 19.9. The molecular formula is C41H46FN5O5. The second-order valence-electron chi connectivity index (χ2n) is 13.2. The molecule has 1 fully saturated rings. The van der Waals surface area contributed by atoms with Crippen molar-refractivity contribution in [3.63, 3.8) is 0 Å². The number of imidazole rings is 1. The van der Waals surface area contributed by atoms with Gasteiger partial charge in [0, 0.05) is 30.8 Å². The third kappa shape index (κ3) is 9.45. The van der Waals surface area contributed by atoms with E-state index in [1.807, 2.05) is 65.3 Å². The number of aromatic nitrogens is 2. The maximum absolute atomic E-state index is 13.9. The number of halogens is 1. The average Bonchev–Trinajstić information content (AvgIpc) is 3.80. The van der Waals surface area contributed by atoms with Crippen molar-refractivity contribution in [1.29, 1.82) is 0 Å². The highest BCUT2D eigenvalue weighted by Gasteiger charge is 2.36. The highest BCUT2D eigenvalue weighted by molar-refractivity contribution is 5.92. The zero-order valence-electron chi connectivity index (χ0n) is 29.6. The van der Waals surface area contributed by atoms with E-state index in [2.05, 4.69) is 22.5 Å². The van der Waals surface area contributed by atoms with Gasteiger partial charge in [0.2, 0.25) is 17.7 Å². The quantitative estimate of drug-likeness (QED) is 0.256. The Hall–Kier alpha value is -5.45. The van der Waals surface area contributed by atoms with Crippen molar-refractivity contribution in [2.24, 2.45) is 0 Å². The van der Waals surface area contributed by atoms with Crippen LogP contribution in [0.2, 0.25) is 0 Å². The molecule has 0 aliphatic carbocycles. The molecule has 4 aromatic rings. The number of hydrogen-bond acceptors (Lipinski definition) is 6. The summed E-state index contributed by atoms with van der Waals surface area (Å²) in [5, 5.41) is 5.95. The number of amides is 3. The van der Waals surface area contributed by atoms with E-state index < -0.39 is 12.1 Å². The largest absolute Gasteiger partial charge is 0.494 e. The minimum absolute atomic E-state index is 0.0160. The van der Waals surface area contributed by atoms with Crippen LogP contribution in [-0.2, 0) is 33.8 Å². The van der Waals surface area contributed by atoms with Gasteiger partial charge in [0.1, 0.15) is 42.6 Å². The molecule has 0 radical (unpaired) electrons. The molecule has 0 spiro atoms. The molecule has 1 aromatic heterocycles. The van der Waals surface area contributed by atoms with Crippen LogP contribution in [0.4, 0.5) is 4.39 Å². The Morgan fingerprint density at radius 2 is 1.85 bits per heavy atom. The molecule has 3 aliphatic rings. The van der Waals surface area contributed by atoms with Gasteiger partial charge in [-0.1, -0.05) is 43.7 Å². The fourth-order valence-corrected chi connectivity index (χ4v) is 6.64. The Labute approximate surface area is 304 Å². The number of benzene rings is 3. The average molecular weight is 708 g/mol. The lowest BCUT2D eigenvalue weighted by atomic mass is 10.0. The van der Waals surface area contributed by atoms with Gasteiger partial charge >= 0.3 is 0 Å². The topological polar surface area (TPSA) is 115 Å². The van der Waals surface area contributed by atoms with E-state index in [9.17, 15) is 18.8 Å². The first-order valence-corrected chi connectivity index (χ1v) is 18.2. The summed E-state index contributed by atoms with van der Waals surface area (Å²) in [6.45, 7) is 3.77. The Morgan fingerprint density at radius 1 is 1.02 bits per heavy atom. The summed E-state index contributed by atoms with van der Waals surface area (Å²) >= 11 is 0. The van der Waals surface area contributed by atoms with Crippen molar-refractivity contribution < 1.29 is 28.2 Å². The monoisotopic (exact) mass is 707 g/mol. The van der Waals surface area contributed by atoms with E-state index in [0.717, 1.165) is 41.0 Å². The lowest BCUT2D eigenvalue weighted by molar-refractivity contribution is -0.139. The molecule has 1 saturated heterocycles. The number of carbonyl (C=O) groups excluding carboxylic acids is 3. The first kappa shape index (κ1) is 36.3. The third-order valence-corrected chi connectivity index (χ3v) is 9.41. The lowest BCUT2D eigenvalue weighted by Gasteiger charge is -2.27. The number of nitrogens with one attached hydrogen (secondary N) is 2. The summed E-state index contributed by atoms with van der Waals surface area (Å²) in [5.74, 6) is 0.257. The molecule has 272 valence electrons. The van der Waals surface area contributed by atoms with Crippen LogP contribution in [-0.4, -0.2) is 70.6 Å². The van der Waals surface area contributed by atoms with Gasteiger partial charge in [-0.05, 0) is 97.8 Å². The molecule has 0 unspecified atom stereocenters. The second-order valence-corrected chi connectivity index (χ2v) is 13.2. The predicted molar refractivity (Wildman–Crippen MR) is 197 cm³/mol. The van der Waals surface area contributed by atoms with Gasteiger partial charge in [-0.25, -0.2) is 9.37 Å². The number of nitrogens with zero attached hydrogens (tertiary/aromatic N) is 3. The molecule has 2 atom stereocenters. The fraction of sp³-hybridized carbons (Fsp3) is 0.366. The maximum Gasteiger partial charge on any atom is 0.243 e. The highest BCUT2D eigenvalue weighted by atomic mass is 19.1. The Morgan fingerprint density at radius 3 is 2.65 bits per heavy atom. The maximum atomic E-state index is 13.9. The van der Waals surface area contributed by atoms with Gasteiger partial charge in [-0.3, -0.25) is 14.4 Å². The summed E-state index contributed by atoms with van der Waals surface area (Å²) in [5.41, 5.74) is 4.07. The summed E-state index contributed by atoms with van der Waals surface area (Å²) in [7, 11) is 0. The summed E-state index contributed by atoms with van der Waals surface area (Å²) in [6.07, 6.45) is 9.94. The molecule has 10 nitrogen and oxygen atoms in total. The van der Waals surface area contributed by atoms with E-state index >= 15 is 0 Å². The zero-order chi connectivity index (χ0) is 36.3. The summed E-state index contributed by atoms with van der Waals surface area (Å²) < 4.78 is 27.7. The number of carbonyl (C=O) groups is 3. The van der Waals surface area contributed by atoms with Crippen molar-refractivity contribution in [2.75, 3.05) is 26.3 Å². The van der Waals surface area contributed by atoms with Crippen LogP contribution in [0, 0.1) is 5.82 Å². The number of unbranched alkanes of at least 4 members (excludes halogenated alkanes) is 1. The van der Waals surface area contributed by atoms with Crippen LogP contribution in [0.5, 0.6) is 11.5 Å². The van der Waals surface area contributed by atoms with Crippen LogP contribution in [0.3, 0.4) is 0 Å². The molecule has 52 heavy (non-hydrogen) atoms. The van der Waals surface area contributed by atoms with Crippen molar-refractivity contribution in [1.82, 2.24) is 25.1 Å². The Balaban J connectivity index is 1.28. The van der Waals surface area contributed by atoms with Gasteiger partial charge in [-0.15, -0.1) is 0 Å². The normalized spacial score (nSPS) is 19.2. The highest BCUT2D eigenvalue weighted by Crippen LogP contribution is 2.26. The van der Waals surface area contributed by atoms with Gasteiger partial charge in [0.15, 0.2) is 0 Å². The van der Waals surface area contributed by atoms with Crippen LogP contribution >= 0.6 is 0 Å². The molecule has 3 amide bonds. The SMILES string of the molecule is CCCCNC(=O)[C@@H]1Cc2ccc(cc2)OC/C=C\c2cccc(c2)OCCCc2c(-c3ccc(F)cc3)ncn2CC(=O)N2CCC[C@H]2C(=O)N1. The number of ether oxygens (including phenoxy) is 2. The Bertz CT molecular complexity index is 1860. The smallest absolute Gasteiger partial charge is 0.243 e. The molecule has 7 rings (SSSR count). The van der Waals surface area contributed by atoms with Crippen LogP contribution < -0.4 is 20.1 Å². The molecule has 4 bridgehead atoms. The standard InChI is InChI=1S/C41H46FN5O5/c1-2-3-21-43-40(49)35-26-30-13-19-33(20-14-30)51-23-6-9-29-8-4-10-34(25-29)52-24-7-12-36-39(31-15-17-32(42)18-16-31)44-28-46(36)27-38(48)47-22-5-11-37(47)41(50)45-35/h4,6,8-10,13-20,25,28,35,37H,2-3,5,7,11-12,21-24,26-27H2,1H3,(H,43,49)(H,45,50)/b9-6-/t35-,37-/m0/s1. The minimum atomic E-state index is -0.817. The Kier molecular flexibility index (Phi) is 12.3. The molecular weight excluding hydrogens is 661 g/mol. The predicted octanol–water partition coefficient (Wildman–Crippen LogP) is 5.74. The second kappa shape index (κ2) is 17.7. The van der Waals surface area contributed by atoms with E-state index in [-0.39, 0.29) is 36.5 Å². The lowest BCUT2D eigenvalue weighted by Crippen LogP contribution is -2.54.